The molecule has 3 N–H and O–H groups in total. The van der Waals surface area contributed by atoms with Gasteiger partial charge in [-0.1, -0.05) is 18.6 Å². The van der Waals surface area contributed by atoms with Gasteiger partial charge in [-0.05, 0) is 80.8 Å². The van der Waals surface area contributed by atoms with E-state index in [4.69, 9.17) is 0 Å². The molecule has 1 aliphatic heterocycles. The second-order valence-corrected chi connectivity index (χ2v) is 9.97. The number of aromatic hydroxyl groups is 1. The molecule has 4 unspecified atom stereocenters. The Kier molecular flexibility index (Phi) is 7.21. The van der Waals surface area contributed by atoms with Crippen molar-refractivity contribution in [1.82, 2.24) is 0 Å². The summed E-state index contributed by atoms with van der Waals surface area (Å²) >= 11 is 0. The van der Waals surface area contributed by atoms with Gasteiger partial charge in [0.25, 0.3) is 5.91 Å². The van der Waals surface area contributed by atoms with Crippen LogP contribution in [-0.4, -0.2) is 40.0 Å². The Bertz CT molecular complexity index is 1240. The number of carbonyl (C=O) groups excluding carboxylic acids is 1. The molecule has 37 heavy (non-hydrogen) atoms. The first-order valence-electron chi connectivity index (χ1n) is 12.2. The molecule has 4 atom stereocenters. The molecule has 7 nitrogen and oxygen atoms in total. The maximum atomic E-state index is 14.2. The fourth-order valence-corrected chi connectivity index (χ4v) is 5.21. The predicted molar refractivity (Wildman–Crippen MR) is 134 cm³/mol. The number of phenolic OH excluding ortho intramolecular Hbond substituents is 1. The molecule has 1 fully saturated rings. The highest BCUT2D eigenvalue weighted by atomic mass is 19.4. The number of alkyl halides is 3. The van der Waals surface area contributed by atoms with Crippen LogP contribution in [0.2, 0.25) is 0 Å². The number of nitrogens with one attached hydrogen (secondary N) is 1. The number of carboxylic acids is 1. The lowest BCUT2D eigenvalue weighted by atomic mass is 9.77. The van der Waals surface area contributed by atoms with Crippen LogP contribution in [0.15, 0.2) is 41.5 Å². The van der Waals surface area contributed by atoms with Crippen LogP contribution < -0.4 is 10.3 Å². The highest BCUT2D eigenvalue weighted by molar-refractivity contribution is 6.15. The molecule has 0 bridgehead atoms. The summed E-state index contributed by atoms with van der Waals surface area (Å²) in [5, 5.41) is 27.5. The number of carboxylic acid groups (broad SMARTS) is 1. The molecule has 10 heteroatoms. The van der Waals surface area contributed by atoms with Crippen LogP contribution in [0, 0.1) is 25.7 Å². The molecule has 1 heterocycles. The van der Waals surface area contributed by atoms with Crippen molar-refractivity contribution in [3.8, 4) is 5.75 Å². The monoisotopic (exact) mass is 517 g/mol. The predicted octanol–water partition coefficient (Wildman–Crippen LogP) is 5.75. The van der Waals surface area contributed by atoms with E-state index < -0.39 is 35.9 Å². The van der Waals surface area contributed by atoms with Crippen molar-refractivity contribution in [3.63, 3.8) is 0 Å². The third-order valence-corrected chi connectivity index (χ3v) is 7.42. The Morgan fingerprint density at radius 3 is 2.46 bits per heavy atom. The largest absolute Gasteiger partial charge is 0.508 e. The molecule has 2 aromatic carbocycles. The molecule has 0 radical (unpaired) electrons. The van der Waals surface area contributed by atoms with E-state index in [0.717, 1.165) is 16.1 Å². The summed E-state index contributed by atoms with van der Waals surface area (Å²) in [5.41, 5.74) is 2.80. The van der Waals surface area contributed by atoms with Crippen LogP contribution in [-0.2, 0) is 9.59 Å². The van der Waals surface area contributed by atoms with E-state index in [0.29, 0.717) is 36.9 Å². The Morgan fingerprint density at radius 2 is 1.84 bits per heavy atom. The minimum absolute atomic E-state index is 0.000556. The molecule has 1 amide bonds. The molecular formula is C27H30F3N3O4. The van der Waals surface area contributed by atoms with Gasteiger partial charge in [0.05, 0.1) is 17.3 Å². The molecule has 2 aromatic rings. The number of amides is 1. The molecule has 1 aliphatic carbocycles. The minimum Gasteiger partial charge on any atom is -0.508 e. The lowest BCUT2D eigenvalue weighted by Crippen LogP contribution is -2.48. The van der Waals surface area contributed by atoms with Gasteiger partial charge in [-0.25, -0.2) is 5.01 Å². The number of benzene rings is 2. The van der Waals surface area contributed by atoms with E-state index in [9.17, 15) is 33.0 Å². The van der Waals surface area contributed by atoms with Gasteiger partial charge in [0.2, 0.25) is 0 Å². The third kappa shape index (κ3) is 5.42. The van der Waals surface area contributed by atoms with E-state index in [1.165, 1.54) is 25.1 Å². The summed E-state index contributed by atoms with van der Waals surface area (Å²) < 4.78 is 42.7. The average molecular weight is 518 g/mol. The summed E-state index contributed by atoms with van der Waals surface area (Å²) in [5.74, 6) is -4.18. The van der Waals surface area contributed by atoms with Gasteiger partial charge < -0.3 is 15.5 Å². The third-order valence-electron chi connectivity index (χ3n) is 7.42. The lowest BCUT2D eigenvalue weighted by molar-refractivity contribution is -0.154. The average Bonchev–Trinajstić information content (AvgIpc) is 3.12. The normalized spacial score (nSPS) is 23.1. The molecule has 0 spiro atoms. The van der Waals surface area contributed by atoms with Crippen LogP contribution >= 0.6 is 0 Å². The van der Waals surface area contributed by atoms with Gasteiger partial charge >= 0.3 is 12.1 Å². The summed E-state index contributed by atoms with van der Waals surface area (Å²) in [7, 11) is 0. The number of aliphatic carboxylic acids is 1. The smallest absolute Gasteiger partial charge is 0.409 e. The summed E-state index contributed by atoms with van der Waals surface area (Å²) in [6.07, 6.45) is -2.48. The Hall–Kier alpha value is -3.56. The number of phenols is 1. The van der Waals surface area contributed by atoms with Crippen molar-refractivity contribution in [2.45, 2.75) is 64.6 Å². The number of nitrogens with zero attached hydrogens (tertiary/aromatic N) is 2. The number of hydrogen-bond acceptors (Lipinski definition) is 5. The highest BCUT2D eigenvalue weighted by Gasteiger charge is 2.52. The first-order chi connectivity index (χ1) is 17.4. The maximum Gasteiger partial charge on any atom is 0.409 e. The van der Waals surface area contributed by atoms with Crippen molar-refractivity contribution < 1.29 is 33.0 Å². The number of carbonyl (C=O) groups is 2. The molecule has 0 aromatic heterocycles. The van der Waals surface area contributed by atoms with E-state index in [2.05, 4.69) is 10.4 Å². The van der Waals surface area contributed by atoms with Crippen molar-refractivity contribution in [2.75, 3.05) is 10.3 Å². The second-order valence-electron chi connectivity index (χ2n) is 9.97. The van der Waals surface area contributed by atoms with Gasteiger partial charge in [-0.2, -0.15) is 18.3 Å². The number of halogens is 3. The highest BCUT2D eigenvalue weighted by Crippen LogP contribution is 2.41. The fourth-order valence-electron chi connectivity index (χ4n) is 5.21. The van der Waals surface area contributed by atoms with Crippen molar-refractivity contribution in [1.29, 1.82) is 0 Å². The van der Waals surface area contributed by atoms with E-state index in [1.807, 2.05) is 13.8 Å². The van der Waals surface area contributed by atoms with E-state index in [-0.39, 0.29) is 23.1 Å². The zero-order valence-electron chi connectivity index (χ0n) is 20.8. The van der Waals surface area contributed by atoms with E-state index in [1.54, 1.807) is 18.2 Å². The molecule has 4 rings (SSSR count). The van der Waals surface area contributed by atoms with Gasteiger partial charge in [-0.3, -0.25) is 9.59 Å². The molecule has 1 saturated carbocycles. The SMILES string of the molecule is CC1=NN(c2ccc(C)c(C)c2)C(=O)C1C(Nc1ccc(C2CCCC(C(=O)O)C2)c(O)c1)C(F)(F)F. The van der Waals surface area contributed by atoms with Crippen molar-refractivity contribution >= 4 is 29.0 Å². The quantitative estimate of drug-likeness (QED) is 0.453. The van der Waals surface area contributed by atoms with Crippen LogP contribution in [0.5, 0.6) is 5.75 Å². The van der Waals surface area contributed by atoms with Crippen molar-refractivity contribution in [3.05, 3.63) is 53.1 Å². The van der Waals surface area contributed by atoms with Crippen LogP contribution in [0.3, 0.4) is 0 Å². The molecule has 0 saturated heterocycles. The van der Waals surface area contributed by atoms with Crippen LogP contribution in [0.25, 0.3) is 0 Å². The first-order valence-corrected chi connectivity index (χ1v) is 12.2. The zero-order valence-corrected chi connectivity index (χ0v) is 20.8. The minimum atomic E-state index is -4.79. The number of anilines is 2. The summed E-state index contributed by atoms with van der Waals surface area (Å²) in [6, 6.07) is 7.02. The number of hydrogen-bond donors (Lipinski definition) is 3. The molecule has 2 aliphatic rings. The van der Waals surface area contributed by atoms with Crippen molar-refractivity contribution in [2.24, 2.45) is 16.9 Å². The summed E-state index contributed by atoms with van der Waals surface area (Å²) in [6.45, 7) is 5.14. The fraction of sp³-hybridized carbons (Fsp3) is 0.444. The Balaban J connectivity index is 1.57. The number of hydrazone groups is 1. The van der Waals surface area contributed by atoms with Gasteiger partial charge in [0, 0.05) is 11.8 Å². The van der Waals surface area contributed by atoms with E-state index >= 15 is 0 Å². The second kappa shape index (κ2) is 10.1. The zero-order chi connectivity index (χ0) is 27.1. The number of aryl methyl sites for hydroxylation is 2. The number of rotatable bonds is 6. The Morgan fingerprint density at radius 1 is 1.11 bits per heavy atom. The van der Waals surface area contributed by atoms with Gasteiger partial charge in [0.15, 0.2) is 0 Å². The topological polar surface area (TPSA) is 102 Å². The van der Waals surface area contributed by atoms with Gasteiger partial charge in [0.1, 0.15) is 17.7 Å². The van der Waals surface area contributed by atoms with Crippen LogP contribution in [0.4, 0.5) is 24.5 Å². The molecule has 198 valence electrons. The van der Waals surface area contributed by atoms with Gasteiger partial charge in [-0.15, -0.1) is 0 Å². The first kappa shape index (κ1) is 26.5. The Labute approximate surface area is 213 Å². The lowest BCUT2D eigenvalue weighted by Gasteiger charge is -2.29. The van der Waals surface area contributed by atoms with Crippen LogP contribution in [0.1, 0.15) is 55.2 Å². The summed E-state index contributed by atoms with van der Waals surface area (Å²) in [4.78, 5) is 24.6. The molecular weight excluding hydrogens is 487 g/mol. The maximum absolute atomic E-state index is 14.2. The standard InChI is InChI=1S/C27H30F3N3O4/c1-14-7-9-20(11-15(14)2)33-25(35)23(16(3)32-33)24(27(28,29)30)31-19-8-10-21(22(34)13-19)17-5-4-6-18(12-17)26(36)37/h7-11,13,17-18,23-24,31,34H,4-6,12H2,1-3H3,(H,36,37).